The van der Waals surface area contributed by atoms with E-state index in [1.54, 1.807) is 6.08 Å². The van der Waals surface area contributed by atoms with Crippen molar-refractivity contribution in [3.8, 4) is 0 Å². The van der Waals surface area contributed by atoms with Crippen molar-refractivity contribution in [2.75, 3.05) is 5.75 Å². The van der Waals surface area contributed by atoms with Crippen LogP contribution in [0.1, 0.15) is 187 Å². The van der Waals surface area contributed by atoms with E-state index in [-0.39, 0.29) is 12.3 Å². The second kappa shape index (κ2) is 35.1. The molecule has 0 aromatic heterocycles. The Morgan fingerprint density at radius 3 is 1.31 bits per heavy atom. The van der Waals surface area contributed by atoms with Crippen LogP contribution in [-0.4, -0.2) is 41.9 Å². The van der Waals surface area contributed by atoms with E-state index in [9.17, 15) is 22.9 Å². The zero-order chi connectivity index (χ0) is 35.4. The molecule has 1 amide bonds. The predicted octanol–water partition coefficient (Wildman–Crippen LogP) is 11.5. The summed E-state index contributed by atoms with van der Waals surface area (Å²) in [6, 6.07) is -1.08. The van der Waals surface area contributed by atoms with E-state index >= 15 is 0 Å². The Balaban J connectivity index is 4.01. The number of carbonyl (C=O) groups is 1. The molecule has 0 saturated heterocycles. The molecule has 0 aliphatic rings. The first kappa shape index (κ1) is 46.3. The Hall–Kier alpha value is -1.70. The summed E-state index contributed by atoms with van der Waals surface area (Å²) < 4.78 is 32.4. The summed E-state index contributed by atoms with van der Waals surface area (Å²) in [5.74, 6) is -1.02. The second-order valence-electron chi connectivity index (χ2n) is 13.5. The summed E-state index contributed by atoms with van der Waals surface area (Å²) >= 11 is 0. The van der Waals surface area contributed by atoms with Gasteiger partial charge in [0.2, 0.25) is 5.91 Å². The van der Waals surface area contributed by atoms with Crippen LogP contribution in [0.25, 0.3) is 0 Å². The number of hydrogen-bond donors (Lipinski definition) is 3. The highest BCUT2D eigenvalue weighted by molar-refractivity contribution is 7.85. The third-order valence-electron chi connectivity index (χ3n) is 8.71. The SMILES string of the molecule is CCCCCCC/C=C/CC/C=C/CC/C=C/C(O)C(CS(=O)(=O)O)NC(=O)CCCCCCCCC/C=C\CCCCCCCCC. The highest BCUT2D eigenvalue weighted by atomic mass is 32.2. The summed E-state index contributed by atoms with van der Waals surface area (Å²) in [5.41, 5.74) is 0. The molecule has 0 aliphatic heterocycles. The maximum atomic E-state index is 12.5. The van der Waals surface area contributed by atoms with Gasteiger partial charge in [0.25, 0.3) is 10.1 Å². The van der Waals surface area contributed by atoms with Gasteiger partial charge < -0.3 is 10.4 Å². The first-order valence-corrected chi connectivity index (χ1v) is 21.4. The van der Waals surface area contributed by atoms with Crippen molar-refractivity contribution in [3.05, 3.63) is 48.6 Å². The molecule has 0 heterocycles. The van der Waals surface area contributed by atoms with E-state index in [2.05, 4.69) is 55.6 Å². The molecule has 0 aliphatic carbocycles. The summed E-state index contributed by atoms with van der Waals surface area (Å²) in [4.78, 5) is 12.5. The smallest absolute Gasteiger partial charge is 0.267 e. The summed E-state index contributed by atoms with van der Waals surface area (Å²) in [7, 11) is -4.36. The summed E-state index contributed by atoms with van der Waals surface area (Å²) in [5, 5.41) is 13.2. The zero-order valence-electron chi connectivity index (χ0n) is 31.1. The van der Waals surface area contributed by atoms with Gasteiger partial charge in [-0.3, -0.25) is 9.35 Å². The number of hydrogen-bond acceptors (Lipinski definition) is 4. The average Bonchev–Trinajstić information content (AvgIpc) is 3.05. The second-order valence-corrected chi connectivity index (χ2v) is 15.0. The van der Waals surface area contributed by atoms with Crippen molar-refractivity contribution in [1.29, 1.82) is 0 Å². The molecule has 2 atom stereocenters. The van der Waals surface area contributed by atoms with Gasteiger partial charge in [0.1, 0.15) is 0 Å². The summed E-state index contributed by atoms with van der Waals surface area (Å²) in [6.45, 7) is 4.50. The van der Waals surface area contributed by atoms with Crippen LogP contribution in [0.4, 0.5) is 0 Å². The monoisotopic (exact) mass is 694 g/mol. The van der Waals surface area contributed by atoms with Gasteiger partial charge >= 0.3 is 0 Å². The lowest BCUT2D eigenvalue weighted by Gasteiger charge is -2.21. The van der Waals surface area contributed by atoms with Crippen LogP contribution >= 0.6 is 0 Å². The van der Waals surface area contributed by atoms with Crippen molar-refractivity contribution in [3.63, 3.8) is 0 Å². The quantitative estimate of drug-likeness (QED) is 0.0348. The highest BCUT2D eigenvalue weighted by Gasteiger charge is 2.24. The van der Waals surface area contributed by atoms with Gasteiger partial charge in [-0.1, -0.05) is 159 Å². The highest BCUT2D eigenvalue weighted by Crippen LogP contribution is 2.12. The van der Waals surface area contributed by atoms with Crippen molar-refractivity contribution < 1.29 is 22.9 Å². The lowest BCUT2D eigenvalue weighted by molar-refractivity contribution is -0.122. The lowest BCUT2D eigenvalue weighted by atomic mass is 10.1. The van der Waals surface area contributed by atoms with Gasteiger partial charge in [-0.05, 0) is 70.6 Å². The normalized spacial score (nSPS) is 13.8. The average molecular weight is 694 g/mol. The number of aliphatic hydroxyl groups excluding tert-OH is 1. The van der Waals surface area contributed by atoms with Gasteiger partial charge in [-0.15, -0.1) is 0 Å². The fraction of sp³-hybridized carbons (Fsp3) is 0.780. The van der Waals surface area contributed by atoms with Crippen LogP contribution < -0.4 is 5.32 Å². The third kappa shape index (κ3) is 35.6. The van der Waals surface area contributed by atoms with Crippen molar-refractivity contribution in [1.82, 2.24) is 5.32 Å². The molecular formula is C41H75NO5S. The first-order chi connectivity index (χ1) is 23.3. The molecule has 48 heavy (non-hydrogen) atoms. The molecule has 0 bridgehead atoms. The van der Waals surface area contributed by atoms with E-state index in [1.807, 2.05) is 0 Å². The number of nitrogens with one attached hydrogen (secondary N) is 1. The van der Waals surface area contributed by atoms with E-state index in [4.69, 9.17) is 0 Å². The van der Waals surface area contributed by atoms with Gasteiger partial charge in [0.05, 0.1) is 17.9 Å². The van der Waals surface area contributed by atoms with Crippen LogP contribution in [0.3, 0.4) is 0 Å². The number of rotatable bonds is 35. The maximum absolute atomic E-state index is 12.5. The fourth-order valence-electron chi connectivity index (χ4n) is 5.71. The number of aliphatic hydroxyl groups is 1. The minimum absolute atomic E-state index is 0.279. The number of allylic oxidation sites excluding steroid dienone is 7. The maximum Gasteiger partial charge on any atom is 0.267 e. The van der Waals surface area contributed by atoms with Gasteiger partial charge in [-0.25, -0.2) is 0 Å². The van der Waals surface area contributed by atoms with E-state index < -0.39 is 28.0 Å². The molecule has 2 unspecified atom stereocenters. The molecular weight excluding hydrogens is 619 g/mol. The van der Waals surface area contributed by atoms with E-state index in [0.29, 0.717) is 6.42 Å². The van der Waals surface area contributed by atoms with E-state index in [1.165, 1.54) is 109 Å². The number of amides is 1. The van der Waals surface area contributed by atoms with Gasteiger partial charge in [0, 0.05) is 6.42 Å². The number of unbranched alkanes of at least 4 members (excludes halogenated alkanes) is 21. The van der Waals surface area contributed by atoms with Gasteiger partial charge in [0.15, 0.2) is 0 Å². The van der Waals surface area contributed by atoms with Crippen LogP contribution in [0.5, 0.6) is 0 Å². The van der Waals surface area contributed by atoms with Crippen molar-refractivity contribution >= 4 is 16.0 Å². The molecule has 0 fully saturated rings. The van der Waals surface area contributed by atoms with Crippen LogP contribution in [0.2, 0.25) is 0 Å². The molecule has 6 nitrogen and oxygen atoms in total. The molecule has 280 valence electrons. The molecule has 0 radical (unpaired) electrons. The topological polar surface area (TPSA) is 104 Å². The van der Waals surface area contributed by atoms with Crippen LogP contribution in [0.15, 0.2) is 48.6 Å². The van der Waals surface area contributed by atoms with Crippen LogP contribution in [-0.2, 0) is 14.9 Å². The Morgan fingerprint density at radius 2 is 0.896 bits per heavy atom. The minimum atomic E-state index is -4.36. The molecule has 7 heteroatoms. The molecule has 0 saturated carbocycles. The minimum Gasteiger partial charge on any atom is -0.387 e. The van der Waals surface area contributed by atoms with Crippen LogP contribution in [0, 0.1) is 0 Å². The Labute approximate surface area is 297 Å². The Bertz CT molecular complexity index is 940. The van der Waals surface area contributed by atoms with Crippen molar-refractivity contribution in [2.24, 2.45) is 0 Å². The largest absolute Gasteiger partial charge is 0.387 e. The van der Waals surface area contributed by atoms with Gasteiger partial charge in [-0.2, -0.15) is 8.42 Å². The Kier molecular flexibility index (Phi) is 33.9. The third-order valence-corrected chi connectivity index (χ3v) is 9.49. The molecule has 3 N–H and O–H groups in total. The number of carbonyl (C=O) groups excluding carboxylic acids is 1. The molecule has 0 spiro atoms. The first-order valence-electron chi connectivity index (χ1n) is 19.8. The Morgan fingerprint density at radius 1 is 0.542 bits per heavy atom. The predicted molar refractivity (Wildman–Crippen MR) is 207 cm³/mol. The lowest BCUT2D eigenvalue weighted by Crippen LogP contribution is -2.46. The molecule has 0 rings (SSSR count). The summed E-state index contributed by atoms with van der Waals surface area (Å²) in [6.07, 6.45) is 46.6. The standard InChI is InChI=1S/C41H75NO5S/c1-3-5-7-9-11-13-15-17-19-20-21-23-25-27-29-31-33-35-37-41(44)42-39(38-48(45,46)47)40(43)36-34-32-30-28-26-24-22-18-16-14-12-10-8-6-4-2/h16,18-20,26,28,34,36,39-40,43H,3-15,17,21-25,27,29-33,35,37-38H2,1-2H3,(H,42,44)(H,45,46,47)/b18-16+,20-19-,28-26+,36-34+. The molecule has 0 aromatic rings. The zero-order valence-corrected chi connectivity index (χ0v) is 31.9. The van der Waals surface area contributed by atoms with E-state index in [0.717, 1.165) is 57.8 Å². The molecule has 0 aromatic carbocycles. The fourth-order valence-corrected chi connectivity index (χ4v) is 6.44. The van der Waals surface area contributed by atoms with Crippen molar-refractivity contribution in [2.45, 2.75) is 199 Å².